The van der Waals surface area contributed by atoms with E-state index in [9.17, 15) is 14.4 Å². The van der Waals surface area contributed by atoms with E-state index in [4.69, 9.17) is 28.8 Å². The van der Waals surface area contributed by atoms with Crippen LogP contribution in [0.5, 0.6) is 11.5 Å². The van der Waals surface area contributed by atoms with Crippen LogP contribution in [0.1, 0.15) is 87.4 Å². The van der Waals surface area contributed by atoms with Crippen LogP contribution in [0.3, 0.4) is 0 Å². The molecule has 8 rings (SSSR count). The van der Waals surface area contributed by atoms with Gasteiger partial charge in [0.2, 0.25) is 11.8 Å². The van der Waals surface area contributed by atoms with Gasteiger partial charge in [-0.3, -0.25) is 14.4 Å². The SMILES string of the molecule is CCCN(Cc1ncc(-c2ccc3c(c2)OC(c2ccccc2)C2=C3COc3cc(-c4cnc(C5CCCN5C(=O)C(C)NOCOC)[nH]4)ccc32)[nH]1)C(=O)C(NC(=O)OC)C(C)C. The van der Waals surface area contributed by atoms with Gasteiger partial charge in [0.1, 0.15) is 47.9 Å². The van der Waals surface area contributed by atoms with Crippen LogP contribution in [0, 0.1) is 5.92 Å². The molecule has 3 amide bonds. The molecule has 4 N–H and O–H groups in total. The molecule has 5 heterocycles. The number of rotatable bonds is 16. The average molecular weight is 873 g/mol. The van der Waals surface area contributed by atoms with Crippen LogP contribution < -0.4 is 20.3 Å². The van der Waals surface area contributed by atoms with E-state index in [2.05, 4.69) is 56.1 Å². The summed E-state index contributed by atoms with van der Waals surface area (Å²) in [5, 5.41) is 2.69. The number of methoxy groups -OCH3 is 2. The summed E-state index contributed by atoms with van der Waals surface area (Å²) < 4.78 is 23.2. The maximum absolute atomic E-state index is 13.7. The molecule has 1 fully saturated rings. The van der Waals surface area contributed by atoms with Gasteiger partial charge in [-0.1, -0.05) is 75.4 Å². The number of amides is 3. The van der Waals surface area contributed by atoms with E-state index in [1.165, 1.54) is 14.2 Å². The lowest BCUT2D eigenvalue weighted by atomic mass is 9.83. The summed E-state index contributed by atoms with van der Waals surface area (Å²) in [6, 6.07) is 21.1. The highest BCUT2D eigenvalue weighted by atomic mass is 16.7. The van der Waals surface area contributed by atoms with Crippen LogP contribution >= 0.6 is 0 Å². The van der Waals surface area contributed by atoms with Gasteiger partial charge in [-0.05, 0) is 49.8 Å². The van der Waals surface area contributed by atoms with E-state index in [0.717, 1.165) is 86.9 Å². The number of H-pyrrole nitrogens is 2. The lowest BCUT2D eigenvalue weighted by molar-refractivity contribution is -0.144. The lowest BCUT2D eigenvalue weighted by Crippen LogP contribution is -2.51. The van der Waals surface area contributed by atoms with Crippen LogP contribution in [0.2, 0.25) is 0 Å². The molecule has 64 heavy (non-hydrogen) atoms. The van der Waals surface area contributed by atoms with Crippen LogP contribution in [0.4, 0.5) is 4.79 Å². The van der Waals surface area contributed by atoms with Gasteiger partial charge < -0.3 is 44.0 Å². The zero-order chi connectivity index (χ0) is 44.9. The summed E-state index contributed by atoms with van der Waals surface area (Å²) in [4.78, 5) is 64.2. The molecule has 16 heteroatoms. The van der Waals surface area contributed by atoms with Gasteiger partial charge in [0.05, 0.1) is 43.5 Å². The number of carbonyl (C=O) groups is 3. The van der Waals surface area contributed by atoms with Gasteiger partial charge in [0.15, 0.2) is 6.79 Å². The van der Waals surface area contributed by atoms with E-state index < -0.39 is 24.3 Å². The number of aromatic nitrogens is 4. The summed E-state index contributed by atoms with van der Waals surface area (Å²) in [5.41, 5.74) is 11.2. The normalized spacial score (nSPS) is 17.5. The van der Waals surface area contributed by atoms with Crippen molar-refractivity contribution < 1.29 is 38.2 Å². The Kier molecular flexibility index (Phi) is 13.4. The minimum atomic E-state index is -0.738. The highest BCUT2D eigenvalue weighted by molar-refractivity contribution is 6.00. The molecule has 3 aliphatic heterocycles. The molecular formula is C48H56N8O8. The number of likely N-dealkylation sites (tertiary alicyclic amines) is 1. The van der Waals surface area contributed by atoms with Crippen molar-refractivity contribution in [2.24, 2.45) is 5.92 Å². The standard InChI is InChI=1S/C48H56N8O8/c1-7-19-55(47(58)43(28(2)3)53-48(59)61-6)25-41-49-23-36(51-41)32-15-17-33-35-26-62-39-21-31(16-18-34(39)42(35)44(64-40(33)22-32)30-12-9-8-10-13-30)37-24-50-45(52-37)38-14-11-20-56(38)46(57)29(4)54-63-27-60-5/h8-10,12-13,15-18,21-24,28-29,38,43-44,54H,7,11,14,19-20,25-27H2,1-6H3,(H,49,51)(H,50,52)(H,53,59). The first-order valence-corrected chi connectivity index (χ1v) is 21.8. The Morgan fingerprint density at radius 3 is 2.41 bits per heavy atom. The predicted octanol–water partition coefficient (Wildman–Crippen LogP) is 7.20. The molecule has 5 aromatic rings. The molecule has 0 spiro atoms. The number of carbonyl (C=O) groups excluding carboxylic acids is 3. The van der Waals surface area contributed by atoms with Crippen molar-refractivity contribution in [1.29, 1.82) is 0 Å². The number of imidazole rings is 2. The van der Waals surface area contributed by atoms with Crippen molar-refractivity contribution in [3.05, 3.63) is 107 Å². The average Bonchev–Trinajstić information content (AvgIpc) is 4.12. The number of hydrogen-bond donors (Lipinski definition) is 4. The second-order valence-corrected chi connectivity index (χ2v) is 16.6. The highest BCUT2D eigenvalue weighted by Crippen LogP contribution is 2.52. The van der Waals surface area contributed by atoms with E-state index in [1.54, 1.807) is 18.0 Å². The molecule has 0 bridgehead atoms. The van der Waals surface area contributed by atoms with Crippen LogP contribution in [-0.4, -0.2) is 100 Å². The smallest absolute Gasteiger partial charge is 0.407 e. The maximum Gasteiger partial charge on any atom is 0.407 e. The third-order valence-electron chi connectivity index (χ3n) is 11.9. The topological polar surface area (TPSA) is 185 Å². The van der Waals surface area contributed by atoms with E-state index in [1.807, 2.05) is 68.3 Å². The monoisotopic (exact) mass is 872 g/mol. The second kappa shape index (κ2) is 19.5. The van der Waals surface area contributed by atoms with Crippen molar-refractivity contribution in [2.45, 2.75) is 77.7 Å². The van der Waals surface area contributed by atoms with Crippen molar-refractivity contribution in [3.63, 3.8) is 0 Å². The molecule has 4 atom stereocenters. The molecule has 4 unspecified atom stereocenters. The number of hydroxylamine groups is 1. The minimum Gasteiger partial charge on any atom is -0.488 e. The molecule has 0 saturated carbocycles. The van der Waals surface area contributed by atoms with Crippen molar-refractivity contribution >= 4 is 29.1 Å². The Labute approximate surface area is 372 Å². The zero-order valence-electron chi connectivity index (χ0n) is 37.1. The first kappa shape index (κ1) is 44.1. The van der Waals surface area contributed by atoms with Gasteiger partial charge in [-0.15, -0.1) is 0 Å². The molecule has 0 aliphatic carbocycles. The number of ether oxygens (including phenoxy) is 4. The van der Waals surface area contributed by atoms with Crippen molar-refractivity contribution in [2.75, 3.05) is 40.7 Å². The van der Waals surface area contributed by atoms with E-state index >= 15 is 0 Å². The number of aromatic amines is 2. The summed E-state index contributed by atoms with van der Waals surface area (Å²) in [5.74, 6) is 2.41. The second-order valence-electron chi connectivity index (χ2n) is 16.6. The van der Waals surface area contributed by atoms with Crippen LogP contribution in [0.15, 0.2) is 79.1 Å². The van der Waals surface area contributed by atoms with Crippen molar-refractivity contribution in [3.8, 4) is 34.0 Å². The van der Waals surface area contributed by atoms with Gasteiger partial charge in [-0.2, -0.15) is 5.48 Å². The number of nitrogens with one attached hydrogen (secondary N) is 4. The lowest BCUT2D eigenvalue weighted by Gasteiger charge is -2.35. The minimum absolute atomic E-state index is 0.0423. The quantitative estimate of drug-likeness (QED) is 0.0447. The number of hydrogen-bond acceptors (Lipinski definition) is 11. The molecule has 0 radical (unpaired) electrons. The zero-order valence-corrected chi connectivity index (χ0v) is 37.1. The number of fused-ring (bicyclic) bond motifs is 4. The Hall–Kier alpha value is -6.49. The molecule has 1 saturated heterocycles. The number of nitrogens with zero attached hydrogens (tertiary/aromatic N) is 4. The number of alkyl carbamates (subject to hydrolysis) is 1. The summed E-state index contributed by atoms with van der Waals surface area (Å²) >= 11 is 0. The molecule has 2 aromatic heterocycles. The summed E-state index contributed by atoms with van der Waals surface area (Å²) in [6.07, 6.45) is 4.94. The largest absolute Gasteiger partial charge is 0.488 e. The highest BCUT2D eigenvalue weighted by Gasteiger charge is 2.37. The van der Waals surface area contributed by atoms with Gasteiger partial charge in [0.25, 0.3) is 0 Å². The fourth-order valence-electron chi connectivity index (χ4n) is 8.72. The molecule has 3 aliphatic rings. The third-order valence-corrected chi connectivity index (χ3v) is 11.9. The number of benzene rings is 3. The van der Waals surface area contributed by atoms with Gasteiger partial charge >= 0.3 is 6.09 Å². The Bertz CT molecular complexity index is 2500. The van der Waals surface area contributed by atoms with Crippen LogP contribution in [-0.2, 0) is 30.4 Å². The Morgan fingerprint density at radius 1 is 0.938 bits per heavy atom. The van der Waals surface area contributed by atoms with Gasteiger partial charge in [0, 0.05) is 53.6 Å². The summed E-state index contributed by atoms with van der Waals surface area (Å²) in [7, 11) is 2.81. The first-order chi connectivity index (χ1) is 31.1. The molecular weight excluding hydrogens is 817 g/mol. The first-order valence-electron chi connectivity index (χ1n) is 21.8. The summed E-state index contributed by atoms with van der Waals surface area (Å²) in [6.45, 7) is 9.32. The fourth-order valence-corrected chi connectivity index (χ4v) is 8.72. The van der Waals surface area contributed by atoms with E-state index in [-0.39, 0.29) is 37.1 Å². The Morgan fingerprint density at radius 2 is 1.67 bits per heavy atom. The Balaban J connectivity index is 1.05. The predicted molar refractivity (Wildman–Crippen MR) is 239 cm³/mol. The molecule has 336 valence electrons. The maximum atomic E-state index is 13.7. The van der Waals surface area contributed by atoms with Crippen LogP contribution in [0.25, 0.3) is 33.7 Å². The third kappa shape index (κ3) is 9.12. The fraction of sp³-hybridized carbons (Fsp3) is 0.396. The van der Waals surface area contributed by atoms with Gasteiger partial charge in [-0.25, -0.2) is 14.8 Å². The molecule has 16 nitrogen and oxygen atoms in total. The van der Waals surface area contributed by atoms with Crippen molar-refractivity contribution in [1.82, 2.24) is 40.5 Å². The molecule has 3 aromatic carbocycles. The van der Waals surface area contributed by atoms with E-state index in [0.29, 0.717) is 25.5 Å².